The molecule has 0 unspecified atom stereocenters. The van der Waals surface area contributed by atoms with E-state index in [1.54, 1.807) is 12.1 Å². The number of hydrogen-bond donors (Lipinski definition) is 2. The topological polar surface area (TPSA) is 76.7 Å². The second-order valence-electron chi connectivity index (χ2n) is 7.85. The molecule has 0 aromatic heterocycles. The molecule has 2 N–H and O–H groups in total. The summed E-state index contributed by atoms with van der Waals surface area (Å²) < 4.78 is 11.4. The Hall–Kier alpha value is -2.57. The summed E-state index contributed by atoms with van der Waals surface area (Å²) in [5.74, 6) is -2.38. The Morgan fingerprint density at radius 3 is 2.37 bits per heavy atom. The molecule has 0 bridgehead atoms. The largest absolute Gasteiger partial charge is 0.416 e. The van der Waals surface area contributed by atoms with Gasteiger partial charge in [-0.2, -0.15) is 0 Å². The standard InChI is InChI=1S/C23H25ClN2O4/c1-14-3-5-16(6-4-14)15(2)26-22-17-11-12-25-13-23(18(17)7-8-19(22)24)29-20(27)9-10-21(28)30-23/h3-8,15,25-26H,9-13H2,1-2H3/t15-/m1/s1. The first-order valence-electron chi connectivity index (χ1n) is 10.2. The summed E-state index contributed by atoms with van der Waals surface area (Å²) in [6.45, 7) is 4.96. The lowest BCUT2D eigenvalue weighted by Crippen LogP contribution is -2.43. The van der Waals surface area contributed by atoms with Gasteiger partial charge in [0.2, 0.25) is 0 Å². The smallest absolute Gasteiger partial charge is 0.309 e. The maximum Gasteiger partial charge on any atom is 0.309 e. The molecule has 6 nitrogen and oxygen atoms in total. The zero-order chi connectivity index (χ0) is 21.3. The maximum absolute atomic E-state index is 12.2. The Balaban J connectivity index is 1.76. The molecule has 2 aliphatic rings. The van der Waals surface area contributed by atoms with Gasteiger partial charge in [0.05, 0.1) is 30.1 Å². The number of fused-ring (bicyclic) bond motifs is 2. The molecule has 7 heteroatoms. The second kappa shape index (κ2) is 8.28. The second-order valence-corrected chi connectivity index (χ2v) is 8.26. The molecule has 0 radical (unpaired) electrons. The van der Waals surface area contributed by atoms with Gasteiger partial charge in [-0.1, -0.05) is 41.4 Å². The van der Waals surface area contributed by atoms with Gasteiger partial charge in [-0.05, 0) is 50.1 Å². The van der Waals surface area contributed by atoms with Crippen LogP contribution in [0.1, 0.15) is 48.1 Å². The Morgan fingerprint density at radius 1 is 1.03 bits per heavy atom. The van der Waals surface area contributed by atoms with Crippen molar-refractivity contribution in [2.45, 2.75) is 44.9 Å². The van der Waals surface area contributed by atoms with Gasteiger partial charge in [-0.25, -0.2) is 0 Å². The summed E-state index contributed by atoms with van der Waals surface area (Å²) >= 11 is 6.59. The molecule has 1 atom stereocenters. The summed E-state index contributed by atoms with van der Waals surface area (Å²) in [5, 5.41) is 7.32. The first-order valence-corrected chi connectivity index (χ1v) is 10.5. The van der Waals surface area contributed by atoms with Gasteiger partial charge in [-0.15, -0.1) is 0 Å². The van der Waals surface area contributed by atoms with Crippen LogP contribution in [0.4, 0.5) is 5.69 Å². The predicted octanol–water partition coefficient (Wildman–Crippen LogP) is 4.00. The number of esters is 2. The van der Waals surface area contributed by atoms with E-state index in [4.69, 9.17) is 21.1 Å². The van der Waals surface area contributed by atoms with E-state index >= 15 is 0 Å². The van der Waals surface area contributed by atoms with Crippen LogP contribution in [-0.2, 0) is 31.3 Å². The first kappa shape index (κ1) is 20.7. The van der Waals surface area contributed by atoms with Gasteiger partial charge in [0.15, 0.2) is 0 Å². The molecule has 2 aromatic rings. The van der Waals surface area contributed by atoms with Crippen molar-refractivity contribution in [3.05, 3.63) is 63.7 Å². The number of halogens is 1. The van der Waals surface area contributed by atoms with Crippen LogP contribution >= 0.6 is 11.6 Å². The molecule has 0 saturated carbocycles. The third-order valence-electron chi connectivity index (χ3n) is 5.61. The molecule has 2 aliphatic heterocycles. The predicted molar refractivity (Wildman–Crippen MR) is 114 cm³/mol. The van der Waals surface area contributed by atoms with E-state index in [0.717, 1.165) is 16.8 Å². The van der Waals surface area contributed by atoms with Crippen LogP contribution in [0.5, 0.6) is 0 Å². The van der Waals surface area contributed by atoms with E-state index in [9.17, 15) is 9.59 Å². The maximum atomic E-state index is 12.2. The highest BCUT2D eigenvalue weighted by Crippen LogP contribution is 2.41. The van der Waals surface area contributed by atoms with E-state index in [-0.39, 0.29) is 25.4 Å². The Kier molecular flexibility index (Phi) is 5.71. The molecule has 158 valence electrons. The van der Waals surface area contributed by atoms with Crippen molar-refractivity contribution >= 4 is 29.2 Å². The Morgan fingerprint density at radius 2 is 1.70 bits per heavy atom. The highest BCUT2D eigenvalue weighted by molar-refractivity contribution is 6.33. The van der Waals surface area contributed by atoms with Gasteiger partial charge in [0.1, 0.15) is 0 Å². The Labute approximate surface area is 180 Å². The van der Waals surface area contributed by atoms with Gasteiger partial charge < -0.3 is 20.1 Å². The number of nitrogens with one attached hydrogen (secondary N) is 2. The van der Waals surface area contributed by atoms with Crippen LogP contribution < -0.4 is 10.6 Å². The van der Waals surface area contributed by atoms with Gasteiger partial charge in [-0.3, -0.25) is 9.59 Å². The number of ether oxygens (including phenoxy) is 2. The molecule has 4 rings (SSSR count). The number of aryl methyl sites for hydroxylation is 1. The van der Waals surface area contributed by atoms with Crippen molar-refractivity contribution in [3.8, 4) is 0 Å². The Bertz CT molecular complexity index is 956. The zero-order valence-electron chi connectivity index (χ0n) is 17.1. The van der Waals surface area contributed by atoms with Gasteiger partial charge >= 0.3 is 11.9 Å². The van der Waals surface area contributed by atoms with Gasteiger partial charge in [0, 0.05) is 11.6 Å². The third-order valence-corrected chi connectivity index (χ3v) is 5.93. The molecular weight excluding hydrogens is 404 g/mol. The number of carbonyl (C=O) groups is 2. The average Bonchev–Trinajstić information content (AvgIpc) is 2.97. The van der Waals surface area contributed by atoms with Crippen molar-refractivity contribution in [1.82, 2.24) is 5.32 Å². The highest BCUT2D eigenvalue weighted by atomic mass is 35.5. The summed E-state index contributed by atoms with van der Waals surface area (Å²) in [4.78, 5) is 24.5. The van der Waals surface area contributed by atoms with Crippen LogP contribution in [0.15, 0.2) is 36.4 Å². The van der Waals surface area contributed by atoms with Crippen LogP contribution in [0.3, 0.4) is 0 Å². The lowest BCUT2D eigenvalue weighted by Gasteiger charge is -2.32. The normalized spacial score (nSPS) is 19.2. The first-order chi connectivity index (χ1) is 14.4. The summed E-state index contributed by atoms with van der Waals surface area (Å²) in [6, 6.07) is 11.9. The third kappa shape index (κ3) is 4.02. The molecule has 2 heterocycles. The van der Waals surface area contributed by atoms with E-state index in [1.165, 1.54) is 5.56 Å². The van der Waals surface area contributed by atoms with Crippen molar-refractivity contribution in [2.24, 2.45) is 0 Å². The number of anilines is 1. The molecule has 30 heavy (non-hydrogen) atoms. The van der Waals surface area contributed by atoms with Crippen LogP contribution in [0.25, 0.3) is 0 Å². The summed E-state index contributed by atoms with van der Waals surface area (Å²) in [6.07, 6.45) is 0.674. The van der Waals surface area contributed by atoms with E-state index < -0.39 is 17.7 Å². The molecule has 2 aromatic carbocycles. The van der Waals surface area contributed by atoms with Crippen molar-refractivity contribution < 1.29 is 19.1 Å². The van der Waals surface area contributed by atoms with Gasteiger partial charge in [0.25, 0.3) is 5.79 Å². The number of carbonyl (C=O) groups excluding carboxylic acids is 2. The monoisotopic (exact) mass is 428 g/mol. The lowest BCUT2D eigenvalue weighted by molar-refractivity contribution is -0.225. The number of hydrogen-bond acceptors (Lipinski definition) is 6. The van der Waals surface area contributed by atoms with Crippen LogP contribution in [-0.4, -0.2) is 25.0 Å². The molecule has 1 fully saturated rings. The lowest BCUT2D eigenvalue weighted by atomic mass is 9.95. The van der Waals surface area contributed by atoms with Crippen LogP contribution in [0, 0.1) is 6.92 Å². The zero-order valence-corrected chi connectivity index (χ0v) is 17.8. The van der Waals surface area contributed by atoms with E-state index in [0.29, 0.717) is 23.6 Å². The fraction of sp³-hybridized carbons (Fsp3) is 0.391. The minimum Gasteiger partial charge on any atom is -0.416 e. The fourth-order valence-electron chi connectivity index (χ4n) is 3.99. The van der Waals surface area contributed by atoms with Crippen molar-refractivity contribution in [2.75, 3.05) is 18.4 Å². The SMILES string of the molecule is Cc1ccc([C@@H](C)Nc2c(Cl)ccc3c2CCNCC32OC(=O)CCC(=O)O2)cc1. The number of rotatable bonds is 3. The molecule has 0 aliphatic carbocycles. The highest BCUT2D eigenvalue weighted by Gasteiger charge is 2.46. The molecular formula is C23H25ClN2O4. The minimum absolute atomic E-state index is 0.000923. The molecule has 1 spiro atoms. The molecule has 1 saturated heterocycles. The van der Waals surface area contributed by atoms with Crippen molar-refractivity contribution in [1.29, 1.82) is 0 Å². The minimum atomic E-state index is -1.48. The summed E-state index contributed by atoms with van der Waals surface area (Å²) in [7, 11) is 0. The van der Waals surface area contributed by atoms with E-state index in [2.05, 4.69) is 48.7 Å². The van der Waals surface area contributed by atoms with Crippen molar-refractivity contribution in [3.63, 3.8) is 0 Å². The summed E-state index contributed by atoms with van der Waals surface area (Å²) in [5.41, 5.74) is 4.63. The number of benzene rings is 2. The van der Waals surface area contributed by atoms with E-state index in [1.807, 2.05) is 0 Å². The average molecular weight is 429 g/mol. The van der Waals surface area contributed by atoms with Crippen LogP contribution in [0.2, 0.25) is 5.02 Å². The fourth-order valence-corrected chi connectivity index (χ4v) is 4.22. The molecule has 0 amide bonds. The quantitative estimate of drug-likeness (QED) is 0.719.